The molecule has 1 aromatic heterocycles. The monoisotopic (exact) mass is 326 g/mol. The summed E-state index contributed by atoms with van der Waals surface area (Å²) in [5.41, 5.74) is 1.05. The van der Waals surface area contributed by atoms with Crippen LogP contribution in [0.3, 0.4) is 0 Å². The standard InChI is InChI=1S/C13H15BrN2OS/c14-9-1-2-12-11(7-9)16-13(18-12)8-17-10-3-5-15-6-4-10/h1-2,7,10,15H,3-6,8H2. The van der Waals surface area contributed by atoms with Gasteiger partial charge in [-0.3, -0.25) is 0 Å². The van der Waals surface area contributed by atoms with E-state index in [1.807, 2.05) is 0 Å². The molecular formula is C13H15BrN2OS. The Bertz CT molecular complexity index is 537. The number of thiazole rings is 1. The van der Waals surface area contributed by atoms with Gasteiger partial charge < -0.3 is 10.1 Å². The molecule has 0 spiro atoms. The Kier molecular flexibility index (Phi) is 3.94. The van der Waals surface area contributed by atoms with E-state index in [1.54, 1.807) is 11.3 Å². The summed E-state index contributed by atoms with van der Waals surface area (Å²) in [6.45, 7) is 2.77. The van der Waals surface area contributed by atoms with Crippen LogP contribution < -0.4 is 5.32 Å². The van der Waals surface area contributed by atoms with E-state index >= 15 is 0 Å². The van der Waals surface area contributed by atoms with Crippen molar-refractivity contribution in [3.05, 3.63) is 27.7 Å². The molecule has 3 nitrogen and oxygen atoms in total. The van der Waals surface area contributed by atoms with Crippen molar-refractivity contribution in [3.63, 3.8) is 0 Å². The van der Waals surface area contributed by atoms with E-state index in [-0.39, 0.29) is 0 Å². The Labute approximate surface area is 119 Å². The third kappa shape index (κ3) is 2.91. The van der Waals surface area contributed by atoms with Crippen LogP contribution in [-0.2, 0) is 11.3 Å². The Morgan fingerprint density at radius 3 is 3.06 bits per heavy atom. The van der Waals surface area contributed by atoms with E-state index in [0.717, 1.165) is 40.9 Å². The Morgan fingerprint density at radius 1 is 1.39 bits per heavy atom. The van der Waals surface area contributed by atoms with Crippen molar-refractivity contribution in [3.8, 4) is 0 Å². The van der Waals surface area contributed by atoms with Crippen LogP contribution in [0.2, 0.25) is 0 Å². The Morgan fingerprint density at radius 2 is 2.22 bits per heavy atom. The van der Waals surface area contributed by atoms with Crippen LogP contribution >= 0.6 is 27.3 Å². The number of nitrogens with zero attached hydrogens (tertiary/aromatic N) is 1. The molecule has 1 aliphatic rings. The molecule has 3 rings (SSSR count). The lowest BCUT2D eigenvalue weighted by Crippen LogP contribution is -2.32. The second-order valence-electron chi connectivity index (χ2n) is 4.48. The zero-order valence-corrected chi connectivity index (χ0v) is 12.4. The maximum absolute atomic E-state index is 5.92. The highest BCUT2D eigenvalue weighted by Crippen LogP contribution is 2.26. The Balaban J connectivity index is 1.67. The lowest BCUT2D eigenvalue weighted by atomic mass is 10.1. The first-order valence-corrected chi connectivity index (χ1v) is 7.79. The first-order valence-electron chi connectivity index (χ1n) is 6.18. The van der Waals surface area contributed by atoms with Gasteiger partial charge in [-0.05, 0) is 44.1 Å². The van der Waals surface area contributed by atoms with Crippen LogP contribution in [0.4, 0.5) is 0 Å². The second-order valence-corrected chi connectivity index (χ2v) is 6.51. The van der Waals surface area contributed by atoms with Gasteiger partial charge in [-0.15, -0.1) is 11.3 Å². The predicted molar refractivity (Wildman–Crippen MR) is 78.0 cm³/mol. The van der Waals surface area contributed by atoms with E-state index in [9.17, 15) is 0 Å². The Hall–Kier alpha value is -0.490. The van der Waals surface area contributed by atoms with Crippen LogP contribution in [0.1, 0.15) is 17.8 Å². The van der Waals surface area contributed by atoms with Crippen LogP contribution in [0.15, 0.2) is 22.7 Å². The minimum Gasteiger partial charge on any atom is -0.371 e. The molecule has 96 valence electrons. The van der Waals surface area contributed by atoms with Gasteiger partial charge in [0.2, 0.25) is 0 Å². The van der Waals surface area contributed by atoms with Crippen LogP contribution in [0.25, 0.3) is 10.2 Å². The van der Waals surface area contributed by atoms with Crippen molar-refractivity contribution in [2.45, 2.75) is 25.6 Å². The average Bonchev–Trinajstić information content (AvgIpc) is 2.79. The molecule has 2 aromatic rings. The molecule has 18 heavy (non-hydrogen) atoms. The first-order chi connectivity index (χ1) is 8.81. The molecule has 0 unspecified atom stereocenters. The van der Waals surface area contributed by atoms with Gasteiger partial charge in [0.25, 0.3) is 0 Å². The van der Waals surface area contributed by atoms with E-state index in [2.05, 4.69) is 44.4 Å². The quantitative estimate of drug-likeness (QED) is 0.939. The summed E-state index contributed by atoms with van der Waals surface area (Å²) in [6.07, 6.45) is 2.61. The third-order valence-electron chi connectivity index (χ3n) is 3.12. The largest absolute Gasteiger partial charge is 0.371 e. The molecule has 1 aliphatic heterocycles. The molecule has 1 saturated heterocycles. The fraction of sp³-hybridized carbons (Fsp3) is 0.462. The number of halogens is 1. The van der Waals surface area contributed by atoms with Crippen molar-refractivity contribution in [2.75, 3.05) is 13.1 Å². The molecule has 5 heteroatoms. The van der Waals surface area contributed by atoms with Gasteiger partial charge in [0, 0.05) is 4.47 Å². The average molecular weight is 327 g/mol. The minimum atomic E-state index is 0.394. The van der Waals surface area contributed by atoms with Crippen LogP contribution in [-0.4, -0.2) is 24.2 Å². The predicted octanol–water partition coefficient (Wildman–Crippen LogP) is 3.33. The molecular weight excluding hydrogens is 312 g/mol. The van der Waals surface area contributed by atoms with Crippen molar-refractivity contribution in [1.82, 2.24) is 10.3 Å². The molecule has 0 saturated carbocycles. The molecule has 1 fully saturated rings. The number of aromatic nitrogens is 1. The summed E-state index contributed by atoms with van der Waals surface area (Å²) in [5.74, 6) is 0. The van der Waals surface area contributed by atoms with Gasteiger partial charge in [0.1, 0.15) is 5.01 Å². The number of ether oxygens (including phenoxy) is 1. The summed E-state index contributed by atoms with van der Waals surface area (Å²) in [6, 6.07) is 6.21. The topological polar surface area (TPSA) is 34.1 Å². The summed E-state index contributed by atoms with van der Waals surface area (Å²) in [7, 11) is 0. The number of benzene rings is 1. The van der Waals surface area contributed by atoms with E-state index in [1.165, 1.54) is 4.70 Å². The van der Waals surface area contributed by atoms with E-state index in [0.29, 0.717) is 12.7 Å². The second kappa shape index (κ2) is 5.65. The van der Waals surface area contributed by atoms with Gasteiger partial charge in [-0.2, -0.15) is 0 Å². The minimum absolute atomic E-state index is 0.394. The first kappa shape index (κ1) is 12.5. The highest BCUT2D eigenvalue weighted by Gasteiger charge is 2.14. The number of rotatable bonds is 3. The molecule has 0 radical (unpaired) electrons. The van der Waals surface area contributed by atoms with Crippen molar-refractivity contribution in [2.24, 2.45) is 0 Å². The van der Waals surface area contributed by atoms with E-state index < -0.39 is 0 Å². The number of piperidine rings is 1. The van der Waals surface area contributed by atoms with Crippen molar-refractivity contribution >= 4 is 37.5 Å². The fourth-order valence-corrected chi connectivity index (χ4v) is 3.38. The normalized spacial score (nSPS) is 17.4. The van der Waals surface area contributed by atoms with Crippen molar-refractivity contribution < 1.29 is 4.74 Å². The molecule has 1 aromatic carbocycles. The molecule has 0 atom stereocenters. The number of nitrogens with one attached hydrogen (secondary N) is 1. The number of hydrogen-bond donors (Lipinski definition) is 1. The smallest absolute Gasteiger partial charge is 0.120 e. The fourth-order valence-electron chi connectivity index (χ4n) is 2.16. The maximum Gasteiger partial charge on any atom is 0.120 e. The van der Waals surface area contributed by atoms with Gasteiger partial charge >= 0.3 is 0 Å². The van der Waals surface area contributed by atoms with E-state index in [4.69, 9.17) is 4.74 Å². The van der Waals surface area contributed by atoms with Gasteiger partial charge in [0.15, 0.2) is 0 Å². The maximum atomic E-state index is 5.92. The lowest BCUT2D eigenvalue weighted by Gasteiger charge is -2.22. The number of fused-ring (bicyclic) bond motifs is 1. The summed E-state index contributed by atoms with van der Waals surface area (Å²) in [4.78, 5) is 4.61. The zero-order valence-electron chi connectivity index (χ0n) is 9.99. The molecule has 0 aliphatic carbocycles. The highest BCUT2D eigenvalue weighted by molar-refractivity contribution is 9.10. The summed E-state index contributed by atoms with van der Waals surface area (Å²) >= 11 is 5.19. The van der Waals surface area contributed by atoms with Crippen LogP contribution in [0, 0.1) is 0 Å². The molecule has 0 bridgehead atoms. The molecule has 1 N–H and O–H groups in total. The number of hydrogen-bond acceptors (Lipinski definition) is 4. The van der Waals surface area contributed by atoms with Gasteiger partial charge in [-0.1, -0.05) is 15.9 Å². The highest BCUT2D eigenvalue weighted by atomic mass is 79.9. The van der Waals surface area contributed by atoms with Crippen LogP contribution in [0.5, 0.6) is 0 Å². The van der Waals surface area contributed by atoms with Crippen molar-refractivity contribution in [1.29, 1.82) is 0 Å². The third-order valence-corrected chi connectivity index (χ3v) is 4.63. The van der Waals surface area contributed by atoms with Gasteiger partial charge in [-0.25, -0.2) is 4.98 Å². The zero-order chi connectivity index (χ0) is 12.4. The SMILES string of the molecule is Brc1ccc2sc(COC3CCNCC3)nc2c1. The molecule has 2 heterocycles. The lowest BCUT2D eigenvalue weighted by molar-refractivity contribution is 0.0212. The molecule has 0 amide bonds. The summed E-state index contributed by atoms with van der Waals surface area (Å²) in [5, 5.41) is 4.41. The van der Waals surface area contributed by atoms with Gasteiger partial charge in [0.05, 0.1) is 22.9 Å². The summed E-state index contributed by atoms with van der Waals surface area (Å²) < 4.78 is 8.22.